The first-order valence-corrected chi connectivity index (χ1v) is 9.51. The number of nitrogens with zero attached hydrogens (tertiary/aromatic N) is 2. The molecule has 4 rings (SSSR count). The van der Waals surface area contributed by atoms with Crippen LogP contribution < -0.4 is 10.1 Å². The maximum Gasteiger partial charge on any atom is 0.274 e. The van der Waals surface area contributed by atoms with Crippen molar-refractivity contribution >= 4 is 39.1 Å². The van der Waals surface area contributed by atoms with Gasteiger partial charge in [-0.1, -0.05) is 23.5 Å². The van der Waals surface area contributed by atoms with E-state index in [1.807, 2.05) is 25.1 Å². The van der Waals surface area contributed by atoms with Crippen LogP contribution >= 0.6 is 11.3 Å². The van der Waals surface area contributed by atoms with Crippen LogP contribution in [0.1, 0.15) is 22.8 Å². The van der Waals surface area contributed by atoms with Gasteiger partial charge in [0.15, 0.2) is 0 Å². The molecule has 1 aliphatic rings. The summed E-state index contributed by atoms with van der Waals surface area (Å²) in [6.07, 6.45) is -0.0338. The van der Waals surface area contributed by atoms with Gasteiger partial charge in [-0.15, -0.1) is 0 Å². The lowest BCUT2D eigenvalue weighted by atomic mass is 10.1. The number of amides is 2. The second-order valence-corrected chi connectivity index (χ2v) is 7.60. The standard InChI is InChI=1S/C20H19N3O3S/c1-12-4-3-5-17-18(12)22-20(27-17)26-16-10-23(11-16)19(25)14-6-8-15(9-7-14)21-13(2)24/h3-9,16H,10-11H2,1-2H3,(H,21,24). The van der Waals surface area contributed by atoms with Gasteiger partial charge in [0, 0.05) is 18.2 Å². The van der Waals surface area contributed by atoms with Crippen molar-refractivity contribution in [3.8, 4) is 5.19 Å². The van der Waals surface area contributed by atoms with Crippen molar-refractivity contribution in [2.24, 2.45) is 0 Å². The summed E-state index contributed by atoms with van der Waals surface area (Å²) in [4.78, 5) is 29.9. The van der Waals surface area contributed by atoms with E-state index in [-0.39, 0.29) is 17.9 Å². The van der Waals surface area contributed by atoms with E-state index in [9.17, 15) is 9.59 Å². The number of carbonyl (C=O) groups is 2. The van der Waals surface area contributed by atoms with Crippen molar-refractivity contribution in [3.05, 3.63) is 53.6 Å². The molecule has 0 aliphatic carbocycles. The number of hydrogen-bond donors (Lipinski definition) is 1. The maximum atomic E-state index is 12.5. The summed E-state index contributed by atoms with van der Waals surface area (Å²) in [5.41, 5.74) is 3.38. The molecule has 1 saturated heterocycles. The fourth-order valence-corrected chi connectivity index (χ4v) is 3.98. The molecule has 2 aromatic carbocycles. The first-order valence-electron chi connectivity index (χ1n) is 8.69. The van der Waals surface area contributed by atoms with Gasteiger partial charge in [-0.2, -0.15) is 0 Å². The lowest BCUT2D eigenvalue weighted by Gasteiger charge is -2.38. The van der Waals surface area contributed by atoms with Crippen LogP contribution in [0.4, 0.5) is 5.69 Å². The number of aromatic nitrogens is 1. The van der Waals surface area contributed by atoms with E-state index in [1.54, 1.807) is 29.2 Å². The summed E-state index contributed by atoms with van der Waals surface area (Å²) < 4.78 is 7.04. The number of likely N-dealkylation sites (tertiary alicyclic amines) is 1. The van der Waals surface area contributed by atoms with Gasteiger partial charge in [-0.3, -0.25) is 9.59 Å². The monoisotopic (exact) mass is 381 g/mol. The Hall–Kier alpha value is -2.93. The zero-order valence-corrected chi connectivity index (χ0v) is 15.9. The van der Waals surface area contributed by atoms with Crippen molar-refractivity contribution in [1.29, 1.82) is 0 Å². The minimum atomic E-state index is -0.137. The van der Waals surface area contributed by atoms with E-state index in [0.717, 1.165) is 15.8 Å². The first-order chi connectivity index (χ1) is 13.0. The minimum Gasteiger partial charge on any atom is -0.463 e. The fourth-order valence-electron chi connectivity index (χ4n) is 3.02. The van der Waals surface area contributed by atoms with Crippen molar-refractivity contribution < 1.29 is 14.3 Å². The molecule has 138 valence electrons. The third kappa shape index (κ3) is 3.64. The molecule has 0 saturated carbocycles. The number of nitrogens with one attached hydrogen (secondary N) is 1. The normalized spacial score (nSPS) is 14.1. The first kappa shape index (κ1) is 17.5. The second kappa shape index (κ2) is 7.00. The van der Waals surface area contributed by atoms with Crippen LogP contribution in [0.2, 0.25) is 0 Å². The van der Waals surface area contributed by atoms with Crippen LogP contribution in [-0.4, -0.2) is 40.9 Å². The van der Waals surface area contributed by atoms with Gasteiger partial charge in [-0.05, 0) is 42.8 Å². The number of rotatable bonds is 4. The second-order valence-electron chi connectivity index (χ2n) is 6.61. The molecule has 7 heteroatoms. The van der Waals surface area contributed by atoms with E-state index in [4.69, 9.17) is 4.74 Å². The summed E-state index contributed by atoms with van der Waals surface area (Å²) in [7, 11) is 0. The number of hydrogen-bond acceptors (Lipinski definition) is 5. The zero-order valence-electron chi connectivity index (χ0n) is 15.1. The molecule has 3 aromatic rings. The molecule has 1 aromatic heterocycles. The predicted molar refractivity (Wildman–Crippen MR) is 105 cm³/mol. The van der Waals surface area contributed by atoms with Gasteiger partial charge in [0.1, 0.15) is 6.10 Å². The van der Waals surface area contributed by atoms with Gasteiger partial charge < -0.3 is 15.0 Å². The molecule has 2 heterocycles. The fraction of sp³-hybridized carbons (Fsp3) is 0.250. The van der Waals surface area contributed by atoms with Crippen LogP contribution in [0.5, 0.6) is 5.19 Å². The van der Waals surface area contributed by atoms with Crippen LogP contribution in [-0.2, 0) is 4.79 Å². The molecule has 27 heavy (non-hydrogen) atoms. The van der Waals surface area contributed by atoms with Crippen LogP contribution in [0.25, 0.3) is 10.2 Å². The van der Waals surface area contributed by atoms with Crippen molar-refractivity contribution in [3.63, 3.8) is 0 Å². The Morgan fingerprint density at radius 2 is 1.93 bits per heavy atom. The number of thiazole rings is 1. The number of benzene rings is 2. The molecule has 1 N–H and O–H groups in total. The molecule has 0 spiro atoms. The van der Waals surface area contributed by atoms with Gasteiger partial charge in [0.25, 0.3) is 11.1 Å². The lowest BCUT2D eigenvalue weighted by molar-refractivity contribution is -0.114. The molecule has 0 unspecified atom stereocenters. The Morgan fingerprint density at radius 3 is 2.59 bits per heavy atom. The quantitative estimate of drug-likeness (QED) is 0.751. The minimum absolute atomic E-state index is 0.0338. The third-order valence-corrected chi connectivity index (χ3v) is 5.37. The molecule has 6 nitrogen and oxygen atoms in total. The summed E-state index contributed by atoms with van der Waals surface area (Å²) in [6.45, 7) is 4.57. The van der Waals surface area contributed by atoms with E-state index < -0.39 is 0 Å². The Morgan fingerprint density at radius 1 is 1.19 bits per heavy atom. The molecule has 1 aliphatic heterocycles. The van der Waals surface area contributed by atoms with Crippen LogP contribution in [0.15, 0.2) is 42.5 Å². The molecule has 2 amide bonds. The van der Waals surface area contributed by atoms with Crippen molar-refractivity contribution in [2.45, 2.75) is 20.0 Å². The number of carbonyl (C=O) groups excluding carboxylic acids is 2. The number of fused-ring (bicyclic) bond motifs is 1. The highest BCUT2D eigenvalue weighted by molar-refractivity contribution is 7.20. The number of ether oxygens (including phenoxy) is 1. The van der Waals surface area contributed by atoms with E-state index in [0.29, 0.717) is 29.5 Å². The van der Waals surface area contributed by atoms with Crippen molar-refractivity contribution in [1.82, 2.24) is 9.88 Å². The zero-order chi connectivity index (χ0) is 19.0. The van der Waals surface area contributed by atoms with Crippen LogP contribution in [0.3, 0.4) is 0 Å². The average molecular weight is 381 g/mol. The third-order valence-electron chi connectivity index (χ3n) is 4.46. The highest BCUT2D eigenvalue weighted by Crippen LogP contribution is 2.31. The molecule has 0 atom stereocenters. The average Bonchev–Trinajstić information content (AvgIpc) is 3.01. The van der Waals surface area contributed by atoms with Gasteiger partial charge in [-0.25, -0.2) is 4.98 Å². The van der Waals surface area contributed by atoms with E-state index in [1.165, 1.54) is 18.3 Å². The highest BCUT2D eigenvalue weighted by Gasteiger charge is 2.33. The lowest BCUT2D eigenvalue weighted by Crippen LogP contribution is -2.56. The summed E-state index contributed by atoms with van der Waals surface area (Å²) in [5.74, 6) is -0.175. The Balaban J connectivity index is 1.35. The topological polar surface area (TPSA) is 71.5 Å². The number of para-hydroxylation sites is 1. The Bertz CT molecular complexity index is 1010. The van der Waals surface area contributed by atoms with Gasteiger partial charge in [0.2, 0.25) is 5.91 Å². The van der Waals surface area contributed by atoms with E-state index in [2.05, 4.69) is 10.3 Å². The summed E-state index contributed by atoms with van der Waals surface area (Å²) >= 11 is 1.53. The van der Waals surface area contributed by atoms with Gasteiger partial charge in [0.05, 0.1) is 23.3 Å². The number of aryl methyl sites for hydroxylation is 1. The highest BCUT2D eigenvalue weighted by atomic mass is 32.1. The SMILES string of the molecule is CC(=O)Nc1ccc(C(=O)N2CC(Oc3nc4c(C)cccc4s3)C2)cc1. The Kier molecular flexibility index (Phi) is 4.53. The summed E-state index contributed by atoms with van der Waals surface area (Å²) in [6, 6.07) is 13.0. The summed E-state index contributed by atoms with van der Waals surface area (Å²) in [5, 5.41) is 3.34. The molecule has 0 radical (unpaired) electrons. The smallest absolute Gasteiger partial charge is 0.274 e. The predicted octanol–water partition coefficient (Wildman–Crippen LogP) is 3.47. The largest absolute Gasteiger partial charge is 0.463 e. The molecular formula is C20H19N3O3S. The maximum absolute atomic E-state index is 12.5. The van der Waals surface area contributed by atoms with Crippen LogP contribution in [0, 0.1) is 6.92 Å². The Labute approximate surface area is 160 Å². The molecular weight excluding hydrogens is 362 g/mol. The number of anilines is 1. The van der Waals surface area contributed by atoms with E-state index >= 15 is 0 Å². The molecule has 0 bridgehead atoms. The van der Waals surface area contributed by atoms with Gasteiger partial charge >= 0.3 is 0 Å². The molecule has 1 fully saturated rings. The van der Waals surface area contributed by atoms with Crippen molar-refractivity contribution in [2.75, 3.05) is 18.4 Å².